The summed E-state index contributed by atoms with van der Waals surface area (Å²) in [4.78, 5) is 0. The normalized spacial score (nSPS) is 8.59. The Balaban J connectivity index is 0.000000284. The van der Waals surface area contributed by atoms with Crippen molar-refractivity contribution in [1.29, 1.82) is 0 Å². The minimum atomic E-state index is 0. The Morgan fingerprint density at radius 1 is 0.647 bits per heavy atom. The first kappa shape index (κ1) is 16.4. The second kappa shape index (κ2) is 8.48. The first-order valence-electron chi connectivity index (χ1n) is 4.68. The maximum absolute atomic E-state index is 8.90. The van der Waals surface area contributed by atoms with Crippen molar-refractivity contribution in [1.82, 2.24) is 0 Å². The Bertz CT molecular complexity index is 378. The van der Waals surface area contributed by atoms with Crippen LogP contribution >= 0.6 is 18.5 Å². The van der Waals surface area contributed by atoms with Crippen molar-refractivity contribution in [2.24, 2.45) is 0 Å². The molecule has 17 heavy (non-hydrogen) atoms. The van der Waals surface area contributed by atoms with Crippen molar-refractivity contribution in [2.45, 2.75) is 0 Å². The van der Waals surface area contributed by atoms with Gasteiger partial charge in [-0.05, 0) is 12.1 Å². The van der Waals surface area contributed by atoms with Crippen LogP contribution in [0.3, 0.4) is 0 Å². The molecule has 0 aromatic heterocycles. The van der Waals surface area contributed by atoms with Gasteiger partial charge in [-0.1, -0.05) is 36.4 Å². The van der Waals surface area contributed by atoms with Crippen molar-refractivity contribution in [3.63, 3.8) is 0 Å². The molecule has 0 saturated heterocycles. The molecule has 0 heterocycles. The average Bonchev–Trinajstić information content (AvgIpc) is 2.28. The van der Waals surface area contributed by atoms with Gasteiger partial charge in [-0.2, -0.15) is 0 Å². The zero-order valence-corrected chi connectivity index (χ0v) is 12.3. The van der Waals surface area contributed by atoms with Crippen LogP contribution in [0, 0.1) is 0 Å². The molecule has 2 aromatic carbocycles. The second-order valence-electron chi connectivity index (χ2n) is 3.12. The predicted octanol–water partition coefficient (Wildman–Crippen LogP) is 1.78. The molecule has 2 rings (SSSR count). The quantitative estimate of drug-likeness (QED) is 0.575. The predicted molar refractivity (Wildman–Crippen MR) is 74.9 cm³/mol. The summed E-state index contributed by atoms with van der Waals surface area (Å²) in [5.74, 6) is 0.662. The molecule has 5 heteroatoms. The Hall–Kier alpha value is -0.606. The summed E-state index contributed by atoms with van der Waals surface area (Å²) in [7, 11) is 4.87. The van der Waals surface area contributed by atoms with Crippen molar-refractivity contribution < 1.29 is 26.7 Å². The van der Waals surface area contributed by atoms with Gasteiger partial charge in [0.15, 0.2) is 0 Å². The van der Waals surface area contributed by atoms with E-state index in [0.29, 0.717) is 11.5 Å². The summed E-state index contributed by atoms with van der Waals surface area (Å²) in [6, 6.07) is 14.3. The molecule has 94 valence electrons. The van der Waals surface area contributed by atoms with Crippen LogP contribution in [0.5, 0.6) is 11.5 Å². The van der Waals surface area contributed by atoms with Gasteiger partial charge in [0.05, 0.1) is 0 Å². The van der Waals surface area contributed by atoms with E-state index in [-0.39, 0.29) is 16.5 Å². The molecule has 2 atom stereocenters. The fraction of sp³-hybridized carbons (Fsp3) is 0. The zero-order chi connectivity index (χ0) is 12.0. The fourth-order valence-electron chi connectivity index (χ4n) is 0.975. The first-order valence-corrected chi connectivity index (χ1v) is 5.83. The average molecular weight is 311 g/mol. The molecule has 2 nitrogen and oxygen atoms in total. The number of phenolic OH excluding ortho intramolecular Hbond substituents is 2. The van der Waals surface area contributed by atoms with Crippen LogP contribution in [-0.2, 0) is 16.5 Å². The topological polar surface area (TPSA) is 40.5 Å². The Kier molecular flexibility index (Phi) is 8.18. The van der Waals surface area contributed by atoms with Crippen LogP contribution in [0.1, 0.15) is 0 Å². The largest absolute Gasteiger partial charge is 0.507 e. The molecular weight excluding hydrogens is 297 g/mol. The molecule has 0 spiro atoms. The van der Waals surface area contributed by atoms with Crippen LogP contribution in [0.15, 0.2) is 48.5 Å². The van der Waals surface area contributed by atoms with Gasteiger partial charge in [-0.25, -0.2) is 0 Å². The summed E-state index contributed by atoms with van der Waals surface area (Å²) in [6.07, 6.45) is 0. The van der Waals surface area contributed by atoms with Gasteiger partial charge in [0.1, 0.15) is 11.5 Å². The van der Waals surface area contributed by atoms with Gasteiger partial charge in [0.2, 0.25) is 0 Å². The minimum Gasteiger partial charge on any atom is -0.507 e. The van der Waals surface area contributed by atoms with E-state index in [0.717, 1.165) is 10.6 Å². The van der Waals surface area contributed by atoms with Crippen LogP contribution < -0.4 is 10.6 Å². The third-order valence-corrected chi connectivity index (χ3v) is 2.85. The van der Waals surface area contributed by atoms with Gasteiger partial charge in [-0.3, -0.25) is 0 Å². The van der Waals surface area contributed by atoms with E-state index < -0.39 is 0 Å². The van der Waals surface area contributed by atoms with Gasteiger partial charge in [0.25, 0.3) is 0 Å². The summed E-state index contributed by atoms with van der Waals surface area (Å²) >= 11 is 0. The summed E-state index contributed by atoms with van der Waals surface area (Å²) in [6.45, 7) is 0. The third-order valence-electron chi connectivity index (χ3n) is 1.87. The van der Waals surface area contributed by atoms with Gasteiger partial charge >= 0.3 is 0 Å². The van der Waals surface area contributed by atoms with Crippen LogP contribution in [0.4, 0.5) is 0 Å². The molecule has 2 aromatic rings. The number of aromatic hydroxyl groups is 2. The molecule has 0 radical (unpaired) electrons. The van der Waals surface area contributed by atoms with Crippen molar-refractivity contribution in [3.05, 3.63) is 48.5 Å². The van der Waals surface area contributed by atoms with Gasteiger partial charge < -0.3 is 10.2 Å². The maximum atomic E-state index is 8.90. The number of benzene rings is 2. The first-order chi connectivity index (χ1) is 7.61. The Morgan fingerprint density at radius 2 is 0.941 bits per heavy atom. The molecule has 2 N–H and O–H groups in total. The van der Waals surface area contributed by atoms with E-state index in [2.05, 4.69) is 18.5 Å². The number of hydrogen-bond acceptors (Lipinski definition) is 2. The number of rotatable bonds is 0. The molecule has 0 aliphatic heterocycles. The minimum absolute atomic E-state index is 0. The van der Waals surface area contributed by atoms with Gasteiger partial charge in [-0.15, -0.1) is 18.5 Å². The molecule has 0 aliphatic rings. The van der Waals surface area contributed by atoms with Gasteiger partial charge in [0, 0.05) is 27.1 Å². The molecule has 0 saturated carbocycles. The van der Waals surface area contributed by atoms with Crippen molar-refractivity contribution >= 4 is 29.1 Å². The summed E-state index contributed by atoms with van der Waals surface area (Å²) in [5, 5.41) is 19.5. The van der Waals surface area contributed by atoms with E-state index in [9.17, 15) is 0 Å². The summed E-state index contributed by atoms with van der Waals surface area (Å²) in [5.41, 5.74) is 0. The van der Waals surface area contributed by atoms with E-state index in [1.54, 1.807) is 24.3 Å². The Morgan fingerprint density at radius 3 is 1.12 bits per heavy atom. The molecule has 0 aliphatic carbocycles. The summed E-state index contributed by atoms with van der Waals surface area (Å²) < 4.78 is 0. The van der Waals surface area contributed by atoms with Crippen LogP contribution in [0.2, 0.25) is 0 Å². The molecule has 0 bridgehead atoms. The third kappa shape index (κ3) is 6.03. The van der Waals surface area contributed by atoms with E-state index in [1.807, 2.05) is 24.3 Å². The number of hydrogen-bond donors (Lipinski definition) is 2. The molecular formula is C12H14NiO2P2. The van der Waals surface area contributed by atoms with E-state index in [4.69, 9.17) is 10.2 Å². The van der Waals surface area contributed by atoms with Crippen molar-refractivity contribution in [2.75, 3.05) is 0 Å². The smallest absolute Gasteiger partial charge is 0.122 e. The van der Waals surface area contributed by atoms with E-state index >= 15 is 0 Å². The second-order valence-corrected chi connectivity index (χ2v) is 4.36. The number of phenols is 2. The monoisotopic (exact) mass is 310 g/mol. The van der Waals surface area contributed by atoms with E-state index in [1.165, 1.54) is 0 Å². The van der Waals surface area contributed by atoms with Crippen LogP contribution in [-0.4, -0.2) is 10.2 Å². The molecule has 0 amide bonds. The van der Waals surface area contributed by atoms with Crippen LogP contribution in [0.25, 0.3) is 0 Å². The standard InChI is InChI=1S/2C6H7OP.Ni/c2*7-5-3-1-2-4-6(5)8;/h2*1-4,7H,8H2;. The molecule has 2 unspecified atom stereocenters. The maximum Gasteiger partial charge on any atom is 0.122 e. The fourth-order valence-corrected chi connectivity index (χ4v) is 1.39. The number of para-hydroxylation sites is 2. The molecule has 0 fully saturated rings. The van der Waals surface area contributed by atoms with Crippen molar-refractivity contribution in [3.8, 4) is 11.5 Å². The zero-order valence-electron chi connectivity index (χ0n) is 8.98. The Labute approximate surface area is 116 Å². The SMILES string of the molecule is Oc1ccccc1P.Oc1ccccc1P.[Ni].